The van der Waals surface area contributed by atoms with E-state index < -0.39 is 0 Å². The fraction of sp³-hybridized carbons (Fsp3) is 0.0909. The normalized spacial score (nSPS) is 10.4. The van der Waals surface area contributed by atoms with E-state index >= 15 is 0 Å². The van der Waals surface area contributed by atoms with Crippen molar-refractivity contribution in [2.75, 3.05) is 5.32 Å². The van der Waals surface area contributed by atoms with E-state index in [-0.39, 0.29) is 5.82 Å². The molecule has 0 spiro atoms. The predicted molar refractivity (Wildman–Crippen MR) is 67.2 cm³/mol. The Balaban J connectivity index is 2.15. The number of hydrogen-bond donors (Lipinski definition) is 2. The Morgan fingerprint density at radius 3 is 2.88 bits per heavy atom. The van der Waals surface area contributed by atoms with E-state index in [0.29, 0.717) is 21.7 Å². The summed E-state index contributed by atoms with van der Waals surface area (Å²) in [6, 6.07) is 4.62. The van der Waals surface area contributed by atoms with Gasteiger partial charge in [0.25, 0.3) is 0 Å². The van der Waals surface area contributed by atoms with Crippen LogP contribution in [0.25, 0.3) is 0 Å². The van der Waals surface area contributed by atoms with E-state index in [1.54, 1.807) is 0 Å². The zero-order valence-corrected chi connectivity index (χ0v) is 10.6. The highest BCUT2D eigenvalue weighted by atomic mass is 79.9. The molecule has 1 heterocycles. The fourth-order valence-electron chi connectivity index (χ4n) is 1.37. The summed E-state index contributed by atoms with van der Waals surface area (Å²) in [4.78, 5) is 2.96. The van der Waals surface area contributed by atoms with E-state index in [9.17, 15) is 4.39 Å². The number of H-pyrrole nitrogens is 1. The fourth-order valence-corrected chi connectivity index (χ4v) is 2.33. The third-order valence-corrected chi connectivity index (χ3v) is 3.06. The molecule has 0 unspecified atom stereocenters. The van der Waals surface area contributed by atoms with Crippen LogP contribution in [0.15, 0.2) is 35.1 Å². The lowest BCUT2D eigenvalue weighted by Crippen LogP contribution is -2.00. The summed E-state index contributed by atoms with van der Waals surface area (Å²) in [5.74, 6) is -0.357. The number of benzene rings is 1. The second kappa shape index (κ2) is 4.89. The molecule has 2 aromatic rings. The summed E-state index contributed by atoms with van der Waals surface area (Å²) >= 11 is 9.20. The summed E-state index contributed by atoms with van der Waals surface area (Å²) in [5.41, 5.74) is 1.80. The number of halogens is 3. The van der Waals surface area contributed by atoms with Gasteiger partial charge in [-0.25, -0.2) is 4.39 Å². The molecule has 1 aromatic heterocycles. The second-order valence-electron chi connectivity index (χ2n) is 3.32. The molecule has 0 fully saturated rings. The quantitative estimate of drug-likeness (QED) is 0.874. The van der Waals surface area contributed by atoms with Gasteiger partial charge < -0.3 is 10.3 Å². The first kappa shape index (κ1) is 11.5. The minimum Gasteiger partial charge on any atom is -0.379 e. The van der Waals surface area contributed by atoms with Crippen LogP contribution in [0, 0.1) is 5.82 Å². The van der Waals surface area contributed by atoms with Crippen LogP contribution in [-0.4, -0.2) is 4.98 Å². The van der Waals surface area contributed by atoms with Gasteiger partial charge in [0.1, 0.15) is 5.82 Å². The highest BCUT2D eigenvalue weighted by Crippen LogP contribution is 2.31. The van der Waals surface area contributed by atoms with Crippen LogP contribution < -0.4 is 5.32 Å². The lowest BCUT2D eigenvalue weighted by molar-refractivity contribution is 0.627. The highest BCUT2D eigenvalue weighted by Gasteiger charge is 2.07. The molecule has 16 heavy (non-hydrogen) atoms. The Kier molecular flexibility index (Phi) is 3.51. The molecule has 2 rings (SSSR count). The van der Waals surface area contributed by atoms with Gasteiger partial charge in [-0.3, -0.25) is 0 Å². The van der Waals surface area contributed by atoms with E-state index in [1.807, 2.05) is 18.5 Å². The molecular formula is C11H9BrClFN2. The van der Waals surface area contributed by atoms with Crippen molar-refractivity contribution in [3.63, 3.8) is 0 Å². The van der Waals surface area contributed by atoms with Crippen LogP contribution in [0.3, 0.4) is 0 Å². The molecule has 0 aliphatic rings. The van der Waals surface area contributed by atoms with Gasteiger partial charge in [0.05, 0.1) is 10.7 Å². The molecule has 0 saturated carbocycles. The van der Waals surface area contributed by atoms with Crippen LogP contribution in [0.5, 0.6) is 0 Å². The van der Waals surface area contributed by atoms with Crippen LogP contribution in [-0.2, 0) is 6.54 Å². The highest BCUT2D eigenvalue weighted by molar-refractivity contribution is 9.10. The van der Waals surface area contributed by atoms with Crippen LogP contribution in [0.1, 0.15) is 5.56 Å². The number of nitrogens with one attached hydrogen (secondary N) is 2. The molecule has 0 atom stereocenters. The van der Waals surface area contributed by atoms with E-state index in [4.69, 9.17) is 11.6 Å². The van der Waals surface area contributed by atoms with Crippen LogP contribution in [0.4, 0.5) is 10.1 Å². The van der Waals surface area contributed by atoms with Crippen molar-refractivity contribution in [1.82, 2.24) is 4.98 Å². The zero-order chi connectivity index (χ0) is 11.5. The molecule has 0 radical (unpaired) electrons. The second-order valence-corrected chi connectivity index (χ2v) is 4.58. The summed E-state index contributed by atoms with van der Waals surface area (Å²) < 4.78 is 13.6. The molecular weight excluding hydrogens is 294 g/mol. The number of aromatic nitrogens is 1. The molecule has 2 nitrogen and oxygen atoms in total. The van der Waals surface area contributed by atoms with Gasteiger partial charge in [-0.1, -0.05) is 11.6 Å². The lowest BCUT2D eigenvalue weighted by Gasteiger charge is -2.09. The molecule has 0 aliphatic carbocycles. The van der Waals surface area contributed by atoms with Crippen molar-refractivity contribution in [2.45, 2.75) is 6.54 Å². The van der Waals surface area contributed by atoms with Gasteiger partial charge in [-0.05, 0) is 39.7 Å². The molecule has 0 saturated heterocycles. The first-order chi connectivity index (χ1) is 7.66. The number of rotatable bonds is 3. The Morgan fingerprint density at radius 2 is 2.25 bits per heavy atom. The summed E-state index contributed by atoms with van der Waals surface area (Å²) in [7, 11) is 0. The topological polar surface area (TPSA) is 27.8 Å². The number of aromatic amines is 1. The van der Waals surface area contributed by atoms with Crippen molar-refractivity contribution in [3.8, 4) is 0 Å². The van der Waals surface area contributed by atoms with Crippen LogP contribution >= 0.6 is 27.5 Å². The third-order valence-electron chi connectivity index (χ3n) is 2.14. The molecule has 0 bridgehead atoms. The van der Waals surface area contributed by atoms with Gasteiger partial charge in [0.2, 0.25) is 0 Å². The van der Waals surface area contributed by atoms with E-state index in [2.05, 4.69) is 26.2 Å². The summed E-state index contributed by atoms with van der Waals surface area (Å²) in [5, 5.41) is 3.51. The van der Waals surface area contributed by atoms with Gasteiger partial charge in [-0.2, -0.15) is 0 Å². The van der Waals surface area contributed by atoms with Crippen molar-refractivity contribution in [3.05, 3.63) is 51.5 Å². The van der Waals surface area contributed by atoms with E-state index in [0.717, 1.165) is 5.56 Å². The van der Waals surface area contributed by atoms with E-state index in [1.165, 1.54) is 12.1 Å². The SMILES string of the molecule is Fc1cc(Cl)c(NCc2cc[nH]c2)c(Br)c1. The molecule has 1 aromatic carbocycles. The maximum absolute atomic E-state index is 13.0. The van der Waals surface area contributed by atoms with Gasteiger partial charge in [0, 0.05) is 23.4 Å². The van der Waals surface area contributed by atoms with Gasteiger partial charge >= 0.3 is 0 Å². The van der Waals surface area contributed by atoms with Crippen molar-refractivity contribution < 1.29 is 4.39 Å². The lowest BCUT2D eigenvalue weighted by atomic mass is 10.3. The summed E-state index contributed by atoms with van der Waals surface area (Å²) in [6.07, 6.45) is 3.73. The largest absolute Gasteiger partial charge is 0.379 e. The van der Waals surface area contributed by atoms with Crippen LogP contribution in [0.2, 0.25) is 5.02 Å². The molecule has 5 heteroatoms. The Labute approximate surface area is 106 Å². The van der Waals surface area contributed by atoms with Crippen molar-refractivity contribution in [1.29, 1.82) is 0 Å². The van der Waals surface area contributed by atoms with Crippen molar-refractivity contribution >= 4 is 33.2 Å². The third kappa shape index (κ3) is 2.57. The Hall–Kier alpha value is -1.00. The maximum Gasteiger partial charge on any atom is 0.125 e. The Bertz CT molecular complexity index is 462. The number of anilines is 1. The van der Waals surface area contributed by atoms with Gasteiger partial charge in [0.15, 0.2) is 0 Å². The molecule has 2 N–H and O–H groups in total. The predicted octanol–water partition coefficient (Wildman–Crippen LogP) is 4.18. The molecule has 0 amide bonds. The first-order valence-electron chi connectivity index (χ1n) is 4.67. The Morgan fingerprint density at radius 1 is 1.44 bits per heavy atom. The zero-order valence-electron chi connectivity index (χ0n) is 8.23. The average Bonchev–Trinajstić information content (AvgIpc) is 2.68. The van der Waals surface area contributed by atoms with Crippen molar-refractivity contribution in [2.24, 2.45) is 0 Å². The average molecular weight is 304 g/mol. The van der Waals surface area contributed by atoms with Gasteiger partial charge in [-0.15, -0.1) is 0 Å². The molecule has 0 aliphatic heterocycles. The standard InChI is InChI=1S/C11H9BrClFN2/c12-9-3-8(14)4-10(13)11(9)16-6-7-1-2-15-5-7/h1-5,15-16H,6H2. The maximum atomic E-state index is 13.0. The monoisotopic (exact) mass is 302 g/mol. The molecule has 84 valence electrons. The first-order valence-corrected chi connectivity index (χ1v) is 5.84. The summed E-state index contributed by atoms with van der Waals surface area (Å²) in [6.45, 7) is 0.632. The minimum atomic E-state index is -0.357. The smallest absolute Gasteiger partial charge is 0.125 e. The number of hydrogen-bond acceptors (Lipinski definition) is 1. The minimum absolute atomic E-state index is 0.357.